The summed E-state index contributed by atoms with van der Waals surface area (Å²) in [6.45, 7) is 7.51. The van der Waals surface area contributed by atoms with Gasteiger partial charge in [-0.15, -0.1) is 0 Å². The second-order valence-corrected chi connectivity index (χ2v) is 18.8. The molecule has 0 rings (SSSR count). The smallest absolute Gasteiger partial charge is 0.306 e. The molecule has 0 heterocycles. The number of esters is 2. The number of rotatable bonds is 52. The van der Waals surface area contributed by atoms with Crippen LogP contribution >= 0.6 is 0 Å². The summed E-state index contributed by atoms with van der Waals surface area (Å²) < 4.78 is 17.4. The van der Waals surface area contributed by atoms with Crippen LogP contribution in [0.1, 0.15) is 252 Å². The Hall–Kier alpha value is -3.70. The second kappa shape index (κ2) is 59.6. The topological polar surface area (TPSA) is 61.8 Å². The van der Waals surface area contributed by atoms with Crippen LogP contribution in [-0.2, 0) is 23.8 Å². The van der Waals surface area contributed by atoms with Crippen molar-refractivity contribution in [2.45, 2.75) is 258 Å². The third-order valence-corrected chi connectivity index (χ3v) is 12.0. The average molecular weight is 970 g/mol. The van der Waals surface area contributed by atoms with E-state index in [0.29, 0.717) is 32.3 Å². The molecule has 0 saturated carbocycles. The number of ether oxygens (including phenoxy) is 3. The summed E-state index contributed by atoms with van der Waals surface area (Å²) >= 11 is 0. The van der Waals surface area contributed by atoms with E-state index in [-0.39, 0.29) is 25.2 Å². The number of hydrogen-bond acceptors (Lipinski definition) is 5. The van der Waals surface area contributed by atoms with Crippen molar-refractivity contribution in [3.05, 3.63) is 122 Å². The zero-order valence-corrected chi connectivity index (χ0v) is 45.7. The van der Waals surface area contributed by atoms with E-state index in [1.807, 2.05) is 12.2 Å². The molecule has 0 atom stereocenters. The summed E-state index contributed by atoms with van der Waals surface area (Å²) in [7, 11) is 0. The number of carbonyl (C=O) groups is 2. The molecule has 398 valence electrons. The molecular formula is C65H108O5. The minimum Gasteiger partial charge on any atom is -0.463 e. The van der Waals surface area contributed by atoms with Gasteiger partial charge >= 0.3 is 11.9 Å². The van der Waals surface area contributed by atoms with Crippen LogP contribution in [0.3, 0.4) is 0 Å². The van der Waals surface area contributed by atoms with E-state index < -0.39 is 6.10 Å². The van der Waals surface area contributed by atoms with Gasteiger partial charge in [-0.05, 0) is 96.3 Å². The zero-order valence-electron chi connectivity index (χ0n) is 45.7. The SMILES string of the molecule is CCCCC/C=C\C/C=C\C/C=C\C/C=C\C/C=C\CCC(=O)OCC(COC(=O)CC/C=C\C/C=C\C/C=C\C/C=C\C/C=C\CCCCC)OCCCCCCCCCCCCCCCCCC. The molecule has 0 N–H and O–H groups in total. The molecule has 0 aliphatic rings. The first-order valence-electron chi connectivity index (χ1n) is 29.1. The third-order valence-electron chi connectivity index (χ3n) is 12.0. The maximum atomic E-state index is 12.6. The lowest BCUT2D eigenvalue weighted by Gasteiger charge is -2.18. The predicted octanol–water partition coefficient (Wildman–Crippen LogP) is 20.1. The molecule has 5 heteroatoms. The molecule has 0 amide bonds. The molecule has 0 aromatic rings. The molecule has 0 aliphatic carbocycles. The molecule has 0 bridgehead atoms. The van der Waals surface area contributed by atoms with Crippen molar-refractivity contribution in [1.82, 2.24) is 0 Å². The molecule has 0 spiro atoms. The monoisotopic (exact) mass is 969 g/mol. The van der Waals surface area contributed by atoms with Gasteiger partial charge in [-0.3, -0.25) is 9.59 Å². The molecule has 0 saturated heterocycles. The Morgan fingerprint density at radius 2 is 0.543 bits per heavy atom. The molecule has 0 unspecified atom stereocenters. The summed E-state index contributed by atoms with van der Waals surface area (Å²) in [6.07, 6.45) is 84.1. The lowest BCUT2D eigenvalue weighted by Crippen LogP contribution is -2.29. The summed E-state index contributed by atoms with van der Waals surface area (Å²) in [6, 6.07) is 0. The average Bonchev–Trinajstić information content (AvgIpc) is 3.36. The van der Waals surface area contributed by atoms with Gasteiger partial charge in [-0.25, -0.2) is 0 Å². The number of unbranched alkanes of at least 4 members (excludes halogenated alkanes) is 21. The molecule has 0 aromatic carbocycles. The molecular weight excluding hydrogens is 861 g/mol. The van der Waals surface area contributed by atoms with Gasteiger partial charge in [0.25, 0.3) is 0 Å². The van der Waals surface area contributed by atoms with Crippen molar-refractivity contribution < 1.29 is 23.8 Å². The molecule has 70 heavy (non-hydrogen) atoms. The predicted molar refractivity (Wildman–Crippen MR) is 306 cm³/mol. The quantitative estimate of drug-likeness (QED) is 0.0345. The molecule has 0 fully saturated rings. The van der Waals surface area contributed by atoms with Crippen molar-refractivity contribution >= 4 is 11.9 Å². The summed E-state index contributed by atoms with van der Waals surface area (Å²) in [5.74, 6) is -0.520. The van der Waals surface area contributed by atoms with Gasteiger partial charge in [0, 0.05) is 19.4 Å². The van der Waals surface area contributed by atoms with E-state index >= 15 is 0 Å². The Balaban J connectivity index is 4.49. The normalized spacial score (nSPS) is 12.7. The minimum absolute atomic E-state index is 0.0892. The Bertz CT molecular complexity index is 1330. The maximum absolute atomic E-state index is 12.6. The first-order chi connectivity index (χ1) is 34.6. The lowest BCUT2D eigenvalue weighted by molar-refractivity contribution is -0.155. The minimum atomic E-state index is -0.467. The van der Waals surface area contributed by atoms with E-state index in [2.05, 4.69) is 130 Å². The summed E-state index contributed by atoms with van der Waals surface area (Å²) in [5, 5.41) is 0. The number of allylic oxidation sites excluding steroid dienone is 20. The standard InChI is InChI=1S/C65H108O5/c1-4-7-10-13-16-19-22-25-28-31-33-35-37-40-43-46-49-52-55-58-64(66)69-61-63(68-60-57-54-51-48-45-42-39-30-27-24-21-18-15-12-9-6-3)62-70-65(67)59-56-53-50-47-44-41-38-36-34-32-29-26-23-20-17-14-11-8-5-2/h16-17,19-20,25-26,28-29,33-36,40-41,43-44,49-50,52-53,63H,4-15,18,21-24,27,30-32,37-39,42,45-48,51,54-62H2,1-3H3/b19-16-,20-17-,28-25-,29-26-,35-33-,36-34-,43-40-,44-41-,52-49-,53-50-. The van der Waals surface area contributed by atoms with Crippen LogP contribution in [0.5, 0.6) is 0 Å². The van der Waals surface area contributed by atoms with Crippen LogP contribution in [0, 0.1) is 0 Å². The molecule has 0 aliphatic heterocycles. The summed E-state index contributed by atoms with van der Waals surface area (Å²) in [5.41, 5.74) is 0. The Morgan fingerprint density at radius 1 is 0.300 bits per heavy atom. The fourth-order valence-corrected chi connectivity index (χ4v) is 7.63. The Morgan fingerprint density at radius 3 is 0.843 bits per heavy atom. The second-order valence-electron chi connectivity index (χ2n) is 18.8. The van der Waals surface area contributed by atoms with Crippen molar-refractivity contribution in [3.8, 4) is 0 Å². The first-order valence-corrected chi connectivity index (χ1v) is 29.1. The molecule has 0 radical (unpaired) electrons. The Kier molecular flexibility index (Phi) is 56.5. The zero-order chi connectivity index (χ0) is 50.6. The van der Waals surface area contributed by atoms with E-state index in [1.165, 1.54) is 141 Å². The van der Waals surface area contributed by atoms with Crippen LogP contribution in [-0.4, -0.2) is 37.9 Å². The van der Waals surface area contributed by atoms with Crippen molar-refractivity contribution in [2.75, 3.05) is 19.8 Å². The van der Waals surface area contributed by atoms with Crippen LogP contribution in [0.25, 0.3) is 0 Å². The van der Waals surface area contributed by atoms with Gasteiger partial charge in [0.15, 0.2) is 0 Å². The van der Waals surface area contributed by atoms with Gasteiger partial charge in [0.2, 0.25) is 0 Å². The van der Waals surface area contributed by atoms with Gasteiger partial charge in [0.1, 0.15) is 19.3 Å². The fourth-order valence-electron chi connectivity index (χ4n) is 7.63. The van der Waals surface area contributed by atoms with Crippen molar-refractivity contribution in [2.24, 2.45) is 0 Å². The van der Waals surface area contributed by atoms with E-state index in [9.17, 15) is 9.59 Å². The van der Waals surface area contributed by atoms with Crippen molar-refractivity contribution in [3.63, 3.8) is 0 Å². The largest absolute Gasteiger partial charge is 0.463 e. The third kappa shape index (κ3) is 56.9. The highest BCUT2D eigenvalue weighted by Gasteiger charge is 2.15. The van der Waals surface area contributed by atoms with Gasteiger partial charge < -0.3 is 14.2 Å². The molecule has 0 aromatic heterocycles. The summed E-state index contributed by atoms with van der Waals surface area (Å²) in [4.78, 5) is 25.3. The van der Waals surface area contributed by atoms with Crippen molar-refractivity contribution in [1.29, 1.82) is 0 Å². The highest BCUT2D eigenvalue weighted by atomic mass is 16.6. The lowest BCUT2D eigenvalue weighted by atomic mass is 10.0. The van der Waals surface area contributed by atoms with Crippen LogP contribution in [0.2, 0.25) is 0 Å². The number of hydrogen-bond donors (Lipinski definition) is 0. The molecule has 5 nitrogen and oxygen atoms in total. The highest BCUT2D eigenvalue weighted by Crippen LogP contribution is 2.14. The van der Waals surface area contributed by atoms with E-state index in [0.717, 1.165) is 64.2 Å². The van der Waals surface area contributed by atoms with E-state index in [4.69, 9.17) is 14.2 Å². The van der Waals surface area contributed by atoms with Gasteiger partial charge in [-0.2, -0.15) is 0 Å². The highest BCUT2D eigenvalue weighted by molar-refractivity contribution is 5.70. The van der Waals surface area contributed by atoms with Crippen LogP contribution < -0.4 is 0 Å². The maximum Gasteiger partial charge on any atom is 0.306 e. The Labute approximate surface area is 433 Å². The first kappa shape index (κ1) is 66.3. The van der Waals surface area contributed by atoms with E-state index in [1.54, 1.807) is 0 Å². The van der Waals surface area contributed by atoms with Crippen LogP contribution in [0.4, 0.5) is 0 Å². The van der Waals surface area contributed by atoms with Crippen LogP contribution in [0.15, 0.2) is 122 Å². The fraction of sp³-hybridized carbons (Fsp3) is 0.662. The van der Waals surface area contributed by atoms with Gasteiger partial charge in [-0.1, -0.05) is 264 Å². The number of carbonyl (C=O) groups excluding carboxylic acids is 2. The van der Waals surface area contributed by atoms with Gasteiger partial charge in [0.05, 0.1) is 0 Å².